The van der Waals surface area contributed by atoms with Gasteiger partial charge < -0.3 is 19.5 Å². The van der Waals surface area contributed by atoms with Gasteiger partial charge in [-0.15, -0.1) is 18.3 Å². The molecule has 1 aromatic carbocycles. The van der Waals surface area contributed by atoms with Gasteiger partial charge in [-0.25, -0.2) is 4.79 Å². The van der Waals surface area contributed by atoms with Crippen LogP contribution in [0.3, 0.4) is 0 Å². The molecular formula is C23H37NO4S. The molecule has 1 N–H and O–H groups in total. The highest BCUT2D eigenvalue weighted by Crippen LogP contribution is 2.23. The molecule has 1 amide bonds. The first-order chi connectivity index (χ1) is 14.2. The lowest BCUT2D eigenvalue weighted by atomic mass is 10.3. The fourth-order valence-electron chi connectivity index (χ4n) is 2.47. The van der Waals surface area contributed by atoms with Crippen LogP contribution in [-0.4, -0.2) is 37.9 Å². The Morgan fingerprint density at radius 1 is 1.07 bits per heavy atom. The maximum Gasteiger partial charge on any atom is 0.412 e. The van der Waals surface area contributed by atoms with Crippen molar-refractivity contribution in [3.05, 3.63) is 36.9 Å². The topological polar surface area (TPSA) is 56.8 Å². The molecule has 0 aliphatic carbocycles. The average Bonchev–Trinajstić information content (AvgIpc) is 2.73. The van der Waals surface area contributed by atoms with Gasteiger partial charge in [-0.05, 0) is 43.5 Å². The second kappa shape index (κ2) is 17.4. The molecule has 0 saturated carbocycles. The zero-order valence-corrected chi connectivity index (χ0v) is 18.8. The lowest BCUT2D eigenvalue weighted by molar-refractivity contribution is -0.128. The summed E-state index contributed by atoms with van der Waals surface area (Å²) < 4.78 is 17.1. The largest absolute Gasteiger partial charge is 0.412 e. The molecule has 0 atom stereocenters. The summed E-state index contributed by atoms with van der Waals surface area (Å²) in [6.45, 7) is 9.99. The number of carbonyl (C=O) groups excluding carboxylic acids is 1. The van der Waals surface area contributed by atoms with Gasteiger partial charge in [0, 0.05) is 30.4 Å². The Morgan fingerprint density at radius 2 is 1.69 bits per heavy atom. The van der Waals surface area contributed by atoms with Crippen molar-refractivity contribution < 1.29 is 19.0 Å². The fraction of sp³-hybridized carbons (Fsp3) is 0.609. The maximum absolute atomic E-state index is 11.7. The molecule has 0 fully saturated rings. The van der Waals surface area contributed by atoms with Crippen LogP contribution in [0.15, 0.2) is 41.8 Å². The van der Waals surface area contributed by atoms with E-state index in [2.05, 4.69) is 25.7 Å². The molecule has 1 aromatic rings. The van der Waals surface area contributed by atoms with Gasteiger partial charge in [-0.1, -0.05) is 45.6 Å². The quantitative estimate of drug-likeness (QED) is 0.140. The van der Waals surface area contributed by atoms with Crippen molar-refractivity contribution in [2.45, 2.75) is 70.0 Å². The second-order valence-electron chi connectivity index (χ2n) is 6.76. The van der Waals surface area contributed by atoms with Gasteiger partial charge in [0.15, 0.2) is 6.29 Å². The first-order valence-electron chi connectivity index (χ1n) is 10.7. The summed E-state index contributed by atoms with van der Waals surface area (Å²) in [5, 5.41) is 2.67. The number of ether oxygens (including phenoxy) is 3. The lowest BCUT2D eigenvalue weighted by Crippen LogP contribution is -2.27. The van der Waals surface area contributed by atoms with E-state index >= 15 is 0 Å². The average molecular weight is 424 g/mol. The highest BCUT2D eigenvalue weighted by atomic mass is 32.2. The number of rotatable bonds is 17. The third kappa shape index (κ3) is 13.4. The predicted molar refractivity (Wildman–Crippen MR) is 121 cm³/mol. The normalized spacial score (nSPS) is 10.9. The highest BCUT2D eigenvalue weighted by molar-refractivity contribution is 7.99. The molecule has 29 heavy (non-hydrogen) atoms. The van der Waals surface area contributed by atoms with E-state index in [0.717, 1.165) is 36.7 Å². The summed E-state index contributed by atoms with van der Waals surface area (Å²) in [7, 11) is 0. The van der Waals surface area contributed by atoms with Gasteiger partial charge in [-0.3, -0.25) is 0 Å². The Labute approximate surface area is 180 Å². The van der Waals surface area contributed by atoms with Crippen LogP contribution in [-0.2, 0) is 9.47 Å². The summed E-state index contributed by atoms with van der Waals surface area (Å²) in [6.07, 6.45) is 8.67. The minimum atomic E-state index is -0.451. The molecule has 0 aromatic heterocycles. The number of benzene rings is 1. The van der Waals surface area contributed by atoms with Gasteiger partial charge in [-0.2, -0.15) is 0 Å². The first kappa shape index (κ1) is 25.5. The number of nitrogens with one attached hydrogen (secondary N) is 1. The predicted octanol–water partition coefficient (Wildman–Crippen LogP) is 6.18. The molecule has 6 heteroatoms. The maximum atomic E-state index is 11.7. The van der Waals surface area contributed by atoms with Gasteiger partial charge >= 0.3 is 6.09 Å². The molecule has 0 spiro atoms. The van der Waals surface area contributed by atoms with Crippen molar-refractivity contribution in [3.8, 4) is 5.75 Å². The van der Waals surface area contributed by atoms with Crippen molar-refractivity contribution in [1.29, 1.82) is 0 Å². The van der Waals surface area contributed by atoms with Crippen LogP contribution in [0.5, 0.6) is 5.75 Å². The molecule has 0 aliphatic rings. The summed E-state index contributed by atoms with van der Waals surface area (Å²) in [5.74, 6) is 1.26. The molecule has 0 unspecified atom stereocenters. The lowest BCUT2D eigenvalue weighted by Gasteiger charge is -2.18. The molecule has 1 rings (SSSR count). The molecule has 0 saturated heterocycles. The van der Waals surface area contributed by atoms with Crippen molar-refractivity contribution in [1.82, 2.24) is 5.32 Å². The monoisotopic (exact) mass is 423 g/mol. The van der Waals surface area contributed by atoms with E-state index in [0.29, 0.717) is 18.7 Å². The van der Waals surface area contributed by atoms with Crippen molar-refractivity contribution in [2.75, 3.05) is 25.5 Å². The number of carbonyl (C=O) groups is 1. The molecule has 164 valence electrons. The van der Waals surface area contributed by atoms with Crippen LogP contribution in [0.25, 0.3) is 0 Å². The summed E-state index contributed by atoms with van der Waals surface area (Å²) >= 11 is 1.68. The van der Waals surface area contributed by atoms with Gasteiger partial charge in [0.2, 0.25) is 0 Å². The highest BCUT2D eigenvalue weighted by Gasteiger charge is 2.11. The third-order valence-electron chi connectivity index (χ3n) is 4.14. The Bertz CT molecular complexity index is 538. The van der Waals surface area contributed by atoms with Gasteiger partial charge in [0.1, 0.15) is 5.75 Å². The molecule has 0 heterocycles. The van der Waals surface area contributed by atoms with Crippen LogP contribution < -0.4 is 10.1 Å². The number of unbranched alkanes of at least 4 members (excludes halogenated alkanes) is 4. The Hall–Kier alpha value is -1.50. The zero-order valence-electron chi connectivity index (χ0n) is 18.0. The first-order valence-corrected chi connectivity index (χ1v) is 11.7. The summed E-state index contributed by atoms with van der Waals surface area (Å²) in [4.78, 5) is 12.8. The van der Waals surface area contributed by atoms with Crippen LogP contribution in [0.2, 0.25) is 0 Å². The van der Waals surface area contributed by atoms with E-state index in [1.54, 1.807) is 30.0 Å². The van der Waals surface area contributed by atoms with Crippen molar-refractivity contribution >= 4 is 17.9 Å². The number of hydrogen-bond acceptors (Lipinski definition) is 5. The number of thioether (sulfide) groups is 1. The van der Waals surface area contributed by atoms with E-state index in [9.17, 15) is 4.79 Å². The Kier molecular flexibility index (Phi) is 15.3. The van der Waals surface area contributed by atoms with Crippen LogP contribution in [0.4, 0.5) is 4.79 Å². The van der Waals surface area contributed by atoms with Gasteiger partial charge in [0.25, 0.3) is 0 Å². The zero-order chi connectivity index (χ0) is 21.2. The smallest absolute Gasteiger partial charge is 0.410 e. The number of hydrogen-bond donors (Lipinski definition) is 1. The van der Waals surface area contributed by atoms with Crippen molar-refractivity contribution in [3.63, 3.8) is 0 Å². The SMILES string of the molecule is C=CCCNC(=O)Oc1ccc(SCC(OCCCCC)OCCCCC)cc1. The number of amides is 1. The fourth-order valence-corrected chi connectivity index (χ4v) is 3.32. The molecule has 0 aliphatic heterocycles. The minimum absolute atomic E-state index is 0.194. The molecular weight excluding hydrogens is 386 g/mol. The van der Waals surface area contributed by atoms with E-state index in [4.69, 9.17) is 14.2 Å². The third-order valence-corrected chi connectivity index (χ3v) is 5.19. The second-order valence-corrected chi connectivity index (χ2v) is 7.85. The summed E-state index contributed by atoms with van der Waals surface area (Å²) in [5.41, 5.74) is 0. The Balaban J connectivity index is 2.41. The Morgan fingerprint density at radius 3 is 2.24 bits per heavy atom. The van der Waals surface area contributed by atoms with E-state index in [-0.39, 0.29) is 6.29 Å². The van der Waals surface area contributed by atoms with E-state index < -0.39 is 6.09 Å². The molecule has 0 bridgehead atoms. The summed E-state index contributed by atoms with van der Waals surface area (Å²) in [6, 6.07) is 7.49. The van der Waals surface area contributed by atoms with Crippen LogP contribution in [0.1, 0.15) is 58.8 Å². The molecule has 0 radical (unpaired) electrons. The van der Waals surface area contributed by atoms with E-state index in [1.807, 2.05) is 12.1 Å². The van der Waals surface area contributed by atoms with Crippen molar-refractivity contribution in [2.24, 2.45) is 0 Å². The van der Waals surface area contributed by atoms with Crippen LogP contribution in [0, 0.1) is 0 Å². The van der Waals surface area contributed by atoms with E-state index in [1.165, 1.54) is 25.7 Å². The minimum Gasteiger partial charge on any atom is -0.410 e. The van der Waals surface area contributed by atoms with Gasteiger partial charge in [0.05, 0.1) is 0 Å². The molecule has 5 nitrogen and oxygen atoms in total. The van der Waals surface area contributed by atoms with Crippen LogP contribution >= 0.6 is 11.8 Å². The standard InChI is InChI=1S/C23H37NO4S/c1-4-7-10-17-26-22(27-18-11-8-5-2)19-29-21-14-12-20(13-15-21)28-23(25)24-16-9-6-3/h6,12-15,22H,3-5,7-11,16-19H2,1-2H3,(H,24,25).